The molecular formula is C14H20N4. The normalized spacial score (nSPS) is 12.0. The van der Waals surface area contributed by atoms with Gasteiger partial charge in [-0.25, -0.2) is 4.98 Å². The van der Waals surface area contributed by atoms with Gasteiger partial charge in [0.15, 0.2) is 0 Å². The number of nitrogen functional groups attached to an aromatic ring is 2. The number of aromatic nitrogens is 2. The molecule has 0 unspecified atom stereocenters. The fraction of sp³-hybridized carbons (Fsp3) is 0.429. The zero-order valence-corrected chi connectivity index (χ0v) is 11.4. The SMILES string of the molecule is CCC(C)(C)c1ccc2nc(N)nc(N)c2c1C. The largest absolute Gasteiger partial charge is 0.383 e. The van der Waals surface area contributed by atoms with E-state index in [0.717, 1.165) is 22.9 Å². The molecule has 0 aliphatic rings. The molecule has 0 saturated heterocycles. The monoisotopic (exact) mass is 244 g/mol. The summed E-state index contributed by atoms with van der Waals surface area (Å²) in [7, 11) is 0. The Morgan fingerprint density at radius 2 is 1.83 bits per heavy atom. The molecule has 0 atom stereocenters. The summed E-state index contributed by atoms with van der Waals surface area (Å²) in [5.41, 5.74) is 15.0. The number of nitrogens with zero attached hydrogens (tertiary/aromatic N) is 2. The number of nitrogens with two attached hydrogens (primary N) is 2. The van der Waals surface area contributed by atoms with E-state index in [9.17, 15) is 0 Å². The Labute approximate surface area is 107 Å². The molecule has 1 aromatic carbocycles. The molecule has 0 bridgehead atoms. The van der Waals surface area contributed by atoms with E-state index in [1.807, 2.05) is 6.07 Å². The maximum Gasteiger partial charge on any atom is 0.222 e. The fourth-order valence-electron chi connectivity index (χ4n) is 2.37. The highest BCUT2D eigenvalue weighted by atomic mass is 15.0. The number of rotatable bonds is 2. The molecule has 2 aromatic rings. The van der Waals surface area contributed by atoms with E-state index < -0.39 is 0 Å². The number of fused-ring (bicyclic) bond motifs is 1. The molecule has 0 amide bonds. The lowest BCUT2D eigenvalue weighted by molar-refractivity contribution is 0.504. The Balaban J connectivity index is 2.80. The first-order valence-electron chi connectivity index (χ1n) is 6.19. The summed E-state index contributed by atoms with van der Waals surface area (Å²) in [6.07, 6.45) is 1.06. The van der Waals surface area contributed by atoms with Crippen molar-refractivity contribution < 1.29 is 0 Å². The Morgan fingerprint density at radius 1 is 1.17 bits per heavy atom. The first-order valence-corrected chi connectivity index (χ1v) is 6.19. The van der Waals surface area contributed by atoms with E-state index in [-0.39, 0.29) is 11.4 Å². The topological polar surface area (TPSA) is 77.8 Å². The summed E-state index contributed by atoms with van der Waals surface area (Å²) in [4.78, 5) is 8.29. The van der Waals surface area contributed by atoms with Crippen LogP contribution in [0, 0.1) is 6.92 Å². The molecule has 1 aromatic heterocycles. The van der Waals surface area contributed by atoms with Gasteiger partial charge in [0.2, 0.25) is 5.95 Å². The number of anilines is 2. The van der Waals surface area contributed by atoms with Gasteiger partial charge >= 0.3 is 0 Å². The molecule has 0 radical (unpaired) electrons. The van der Waals surface area contributed by atoms with Crippen LogP contribution < -0.4 is 11.5 Å². The van der Waals surface area contributed by atoms with Crippen LogP contribution in [0.15, 0.2) is 12.1 Å². The Morgan fingerprint density at radius 3 is 2.44 bits per heavy atom. The van der Waals surface area contributed by atoms with Gasteiger partial charge in [-0.2, -0.15) is 4.98 Å². The van der Waals surface area contributed by atoms with Crippen LogP contribution in [-0.4, -0.2) is 9.97 Å². The minimum absolute atomic E-state index is 0.117. The molecular weight excluding hydrogens is 224 g/mol. The van der Waals surface area contributed by atoms with Crippen molar-refractivity contribution in [2.24, 2.45) is 0 Å². The lowest BCUT2D eigenvalue weighted by Crippen LogP contribution is -2.17. The maximum absolute atomic E-state index is 5.98. The fourth-order valence-corrected chi connectivity index (χ4v) is 2.37. The zero-order chi connectivity index (χ0) is 13.5. The summed E-state index contributed by atoms with van der Waals surface area (Å²) in [6, 6.07) is 4.09. The van der Waals surface area contributed by atoms with Crippen LogP contribution in [0.5, 0.6) is 0 Å². The van der Waals surface area contributed by atoms with E-state index in [1.54, 1.807) is 0 Å². The molecule has 18 heavy (non-hydrogen) atoms. The van der Waals surface area contributed by atoms with E-state index >= 15 is 0 Å². The number of benzene rings is 1. The van der Waals surface area contributed by atoms with Crippen LogP contribution in [0.3, 0.4) is 0 Å². The summed E-state index contributed by atoms with van der Waals surface area (Å²) in [5, 5.41) is 0.920. The van der Waals surface area contributed by atoms with Crippen LogP contribution in [0.25, 0.3) is 10.9 Å². The summed E-state index contributed by atoms with van der Waals surface area (Å²) < 4.78 is 0. The minimum atomic E-state index is 0.117. The highest BCUT2D eigenvalue weighted by Gasteiger charge is 2.22. The van der Waals surface area contributed by atoms with Gasteiger partial charge in [-0.3, -0.25) is 0 Å². The average molecular weight is 244 g/mol. The second-order valence-corrected chi connectivity index (χ2v) is 5.34. The number of aryl methyl sites for hydroxylation is 1. The van der Waals surface area contributed by atoms with Crippen LogP contribution in [0.2, 0.25) is 0 Å². The summed E-state index contributed by atoms with van der Waals surface area (Å²) in [6.45, 7) is 8.72. The lowest BCUT2D eigenvalue weighted by atomic mass is 9.79. The molecule has 4 heteroatoms. The molecule has 0 saturated carbocycles. The highest BCUT2D eigenvalue weighted by Crippen LogP contribution is 2.34. The second kappa shape index (κ2) is 4.12. The first kappa shape index (κ1) is 12.6. The molecule has 4 nitrogen and oxygen atoms in total. The summed E-state index contributed by atoms with van der Waals surface area (Å²) >= 11 is 0. The van der Waals surface area contributed by atoms with Gasteiger partial charge < -0.3 is 11.5 Å². The van der Waals surface area contributed by atoms with Gasteiger partial charge in [0.05, 0.1) is 5.52 Å². The molecule has 0 fully saturated rings. The average Bonchev–Trinajstić information content (AvgIpc) is 2.27. The molecule has 0 aliphatic carbocycles. The molecule has 0 aliphatic heterocycles. The Bertz CT molecular complexity index is 602. The molecule has 96 valence electrons. The van der Waals surface area contributed by atoms with Crippen LogP contribution >= 0.6 is 0 Å². The minimum Gasteiger partial charge on any atom is -0.383 e. The standard InChI is InChI=1S/C14H20N4/c1-5-14(3,4)9-6-7-10-11(8(9)2)12(15)18-13(16)17-10/h6-7H,5H2,1-4H3,(H4,15,16,17,18). The third-order valence-electron chi connectivity index (χ3n) is 3.78. The van der Waals surface area contributed by atoms with Crippen molar-refractivity contribution in [1.82, 2.24) is 9.97 Å². The predicted octanol–water partition coefficient (Wildman–Crippen LogP) is 2.79. The van der Waals surface area contributed by atoms with Crippen molar-refractivity contribution in [1.29, 1.82) is 0 Å². The van der Waals surface area contributed by atoms with Gasteiger partial charge in [0, 0.05) is 5.39 Å². The van der Waals surface area contributed by atoms with E-state index in [4.69, 9.17) is 11.5 Å². The number of hydrogen-bond acceptors (Lipinski definition) is 4. The van der Waals surface area contributed by atoms with Crippen molar-refractivity contribution in [2.45, 2.75) is 39.5 Å². The molecule has 1 heterocycles. The maximum atomic E-state index is 5.98. The third-order valence-corrected chi connectivity index (χ3v) is 3.78. The van der Waals surface area contributed by atoms with E-state index in [1.165, 1.54) is 5.56 Å². The van der Waals surface area contributed by atoms with Crippen molar-refractivity contribution in [3.8, 4) is 0 Å². The van der Waals surface area contributed by atoms with Gasteiger partial charge in [-0.05, 0) is 36.0 Å². The van der Waals surface area contributed by atoms with Gasteiger partial charge in [0.1, 0.15) is 5.82 Å². The summed E-state index contributed by atoms with van der Waals surface area (Å²) in [5.74, 6) is 0.686. The van der Waals surface area contributed by atoms with E-state index in [0.29, 0.717) is 5.82 Å². The molecule has 2 rings (SSSR count). The quantitative estimate of drug-likeness (QED) is 0.851. The zero-order valence-electron chi connectivity index (χ0n) is 11.4. The van der Waals surface area contributed by atoms with Crippen molar-refractivity contribution in [3.05, 3.63) is 23.3 Å². The molecule has 4 N–H and O–H groups in total. The lowest BCUT2D eigenvalue weighted by Gasteiger charge is -2.26. The third kappa shape index (κ3) is 1.88. The van der Waals surface area contributed by atoms with Crippen LogP contribution in [0.4, 0.5) is 11.8 Å². The van der Waals surface area contributed by atoms with Gasteiger partial charge in [0.25, 0.3) is 0 Å². The first-order chi connectivity index (χ1) is 8.36. The predicted molar refractivity (Wildman–Crippen MR) is 76.4 cm³/mol. The second-order valence-electron chi connectivity index (χ2n) is 5.34. The van der Waals surface area contributed by atoms with Crippen molar-refractivity contribution >= 4 is 22.7 Å². The van der Waals surface area contributed by atoms with Crippen molar-refractivity contribution in [2.75, 3.05) is 11.5 Å². The Kier molecular flexibility index (Phi) is 2.89. The van der Waals surface area contributed by atoms with Crippen molar-refractivity contribution in [3.63, 3.8) is 0 Å². The van der Waals surface area contributed by atoms with Gasteiger partial charge in [-0.1, -0.05) is 26.8 Å². The van der Waals surface area contributed by atoms with Crippen LogP contribution in [-0.2, 0) is 5.41 Å². The van der Waals surface area contributed by atoms with Crippen LogP contribution in [0.1, 0.15) is 38.3 Å². The smallest absolute Gasteiger partial charge is 0.222 e. The van der Waals surface area contributed by atoms with Gasteiger partial charge in [-0.15, -0.1) is 0 Å². The Hall–Kier alpha value is -1.84. The van der Waals surface area contributed by atoms with E-state index in [2.05, 4.69) is 43.7 Å². The number of hydrogen-bond donors (Lipinski definition) is 2. The highest BCUT2D eigenvalue weighted by molar-refractivity contribution is 5.92. The molecule has 0 spiro atoms.